The number of nitrogens with zero attached hydrogens (tertiary/aromatic N) is 1. The molecule has 2 aromatic rings. The minimum atomic E-state index is -3.42. The molecule has 45 heavy (non-hydrogen) atoms. The standard InChI is InChI=1S/C32H42F2N4O6S/c1-44-32(41)37-30(29(20-7-11-22(33)12-8-20)21-9-14-25(39)15-10-21)31(40)36-28-6-2-5-27(34)26(28)16-13-24-18-35-23-4-3-17-45(42,43)38(24)19-23/h2,5-8,11-12,21,23-25,29-30,35,39H,3-4,9-10,13-19H2,1H3,(H,36,40)(H,37,41). The molecule has 1 saturated carbocycles. The number of rotatable bonds is 9. The van der Waals surface area contributed by atoms with E-state index in [4.69, 9.17) is 4.74 Å². The van der Waals surface area contributed by atoms with E-state index in [1.165, 1.54) is 31.4 Å². The number of anilines is 1. The number of methoxy groups -OCH3 is 1. The van der Waals surface area contributed by atoms with Crippen LogP contribution in [0.4, 0.5) is 19.3 Å². The van der Waals surface area contributed by atoms with Gasteiger partial charge in [-0.05, 0) is 87.1 Å². The van der Waals surface area contributed by atoms with Crippen molar-refractivity contribution < 1.29 is 36.6 Å². The molecule has 2 heterocycles. The topological polar surface area (TPSA) is 137 Å². The van der Waals surface area contributed by atoms with Gasteiger partial charge >= 0.3 is 6.09 Å². The Balaban J connectivity index is 1.40. The van der Waals surface area contributed by atoms with Gasteiger partial charge in [0.05, 0.1) is 19.0 Å². The first-order valence-corrected chi connectivity index (χ1v) is 17.3. The summed E-state index contributed by atoms with van der Waals surface area (Å²) < 4.78 is 61.5. The Labute approximate surface area is 263 Å². The molecule has 246 valence electrons. The Kier molecular flexibility index (Phi) is 10.7. The molecule has 0 aromatic heterocycles. The van der Waals surface area contributed by atoms with Gasteiger partial charge in [0, 0.05) is 42.3 Å². The zero-order valence-corrected chi connectivity index (χ0v) is 26.2. The molecule has 5 unspecified atom stereocenters. The smallest absolute Gasteiger partial charge is 0.407 e. The van der Waals surface area contributed by atoms with Crippen molar-refractivity contribution in [1.82, 2.24) is 14.9 Å². The molecule has 1 aliphatic carbocycles. The number of hydrogen-bond donors (Lipinski definition) is 4. The predicted molar refractivity (Wildman–Crippen MR) is 165 cm³/mol. The molecule has 3 aliphatic rings. The highest BCUT2D eigenvalue weighted by Crippen LogP contribution is 2.39. The lowest BCUT2D eigenvalue weighted by atomic mass is 9.72. The van der Waals surface area contributed by atoms with Crippen LogP contribution < -0.4 is 16.0 Å². The average Bonchev–Trinajstić information content (AvgIpc) is 3.13. The van der Waals surface area contributed by atoms with E-state index >= 15 is 4.39 Å². The lowest BCUT2D eigenvalue weighted by molar-refractivity contribution is -0.119. The van der Waals surface area contributed by atoms with Crippen molar-refractivity contribution in [3.63, 3.8) is 0 Å². The molecular weight excluding hydrogens is 606 g/mol. The molecule has 13 heteroatoms. The Morgan fingerprint density at radius 1 is 1.09 bits per heavy atom. The molecule has 4 N–H and O–H groups in total. The van der Waals surface area contributed by atoms with Gasteiger partial charge in [0.25, 0.3) is 0 Å². The van der Waals surface area contributed by atoms with Crippen molar-refractivity contribution in [3.05, 3.63) is 65.2 Å². The molecule has 2 aliphatic heterocycles. The molecule has 5 atom stereocenters. The van der Waals surface area contributed by atoms with Crippen molar-refractivity contribution in [2.45, 2.75) is 81.5 Å². The largest absolute Gasteiger partial charge is 0.453 e. The summed E-state index contributed by atoms with van der Waals surface area (Å²) in [4.78, 5) is 26.6. The highest BCUT2D eigenvalue weighted by Gasteiger charge is 2.40. The van der Waals surface area contributed by atoms with Crippen LogP contribution in [-0.4, -0.2) is 80.0 Å². The van der Waals surface area contributed by atoms with Crippen molar-refractivity contribution >= 4 is 27.7 Å². The molecule has 2 saturated heterocycles. The maximum absolute atomic E-state index is 15.3. The Bertz CT molecular complexity index is 1450. The van der Waals surface area contributed by atoms with E-state index in [1.54, 1.807) is 22.5 Å². The molecule has 5 rings (SSSR count). The first-order chi connectivity index (χ1) is 21.6. The third-order valence-electron chi connectivity index (χ3n) is 9.47. The molecule has 0 radical (unpaired) electrons. The molecule has 10 nitrogen and oxygen atoms in total. The van der Waals surface area contributed by atoms with Crippen LogP contribution in [0.2, 0.25) is 0 Å². The number of nitrogens with one attached hydrogen (secondary N) is 3. The van der Waals surface area contributed by atoms with Crippen LogP contribution in [0.3, 0.4) is 0 Å². The number of aliphatic hydroxyl groups excluding tert-OH is 1. The minimum absolute atomic E-state index is 0.0897. The summed E-state index contributed by atoms with van der Waals surface area (Å²) in [6.07, 6.45) is 2.80. The average molecular weight is 649 g/mol. The molecule has 3 fully saturated rings. The van der Waals surface area contributed by atoms with E-state index in [0.717, 1.165) is 6.42 Å². The fourth-order valence-corrected chi connectivity index (χ4v) is 8.89. The van der Waals surface area contributed by atoms with Crippen LogP contribution >= 0.6 is 0 Å². The summed E-state index contributed by atoms with van der Waals surface area (Å²) in [7, 11) is -2.24. The second kappa shape index (κ2) is 14.5. The van der Waals surface area contributed by atoms with E-state index in [2.05, 4.69) is 16.0 Å². The normalized spacial score (nSPS) is 27.4. The number of piperazine rings is 1. The number of sulfonamides is 1. The fourth-order valence-electron chi connectivity index (χ4n) is 7.08. The lowest BCUT2D eigenvalue weighted by Gasteiger charge is -2.38. The van der Waals surface area contributed by atoms with Gasteiger partial charge in [0.2, 0.25) is 15.9 Å². The minimum Gasteiger partial charge on any atom is -0.453 e. The first-order valence-electron chi connectivity index (χ1n) is 15.6. The fraction of sp³-hybridized carbons (Fsp3) is 0.562. The second-order valence-electron chi connectivity index (χ2n) is 12.3. The SMILES string of the molecule is COC(=O)NC(C(=O)Nc1cccc(F)c1CCC1CNC2CCCS(=O)(=O)N1C2)C(c1ccc(F)cc1)C1CCC(O)CC1. The molecule has 2 aromatic carbocycles. The third-order valence-corrected chi connectivity index (χ3v) is 11.4. The predicted octanol–water partition coefficient (Wildman–Crippen LogP) is 3.66. The molecule has 0 spiro atoms. The summed E-state index contributed by atoms with van der Waals surface area (Å²) in [6.45, 7) is 0.846. The summed E-state index contributed by atoms with van der Waals surface area (Å²) in [6, 6.07) is 8.68. The van der Waals surface area contributed by atoms with Crippen LogP contribution in [0.1, 0.15) is 62.0 Å². The number of aliphatic hydroxyl groups is 1. The number of ether oxygens (including phenoxy) is 1. The number of alkyl carbamates (subject to hydrolysis) is 1. The zero-order valence-electron chi connectivity index (χ0n) is 25.4. The highest BCUT2D eigenvalue weighted by atomic mass is 32.2. The summed E-state index contributed by atoms with van der Waals surface area (Å²) in [5.41, 5.74) is 1.08. The lowest BCUT2D eigenvalue weighted by Crippen LogP contribution is -2.57. The van der Waals surface area contributed by atoms with Gasteiger partial charge < -0.3 is 25.8 Å². The van der Waals surface area contributed by atoms with Crippen LogP contribution in [0, 0.1) is 17.6 Å². The quantitative estimate of drug-likeness (QED) is 0.326. The Morgan fingerprint density at radius 2 is 1.82 bits per heavy atom. The third kappa shape index (κ3) is 8.00. The number of amides is 2. The second-order valence-corrected chi connectivity index (χ2v) is 14.4. The summed E-state index contributed by atoms with van der Waals surface area (Å²) in [5, 5.41) is 19.0. The summed E-state index contributed by atoms with van der Waals surface area (Å²) >= 11 is 0. The molecule has 2 bridgehead atoms. The number of carbonyl (C=O) groups excluding carboxylic acids is 2. The van der Waals surface area contributed by atoms with Crippen molar-refractivity contribution in [2.24, 2.45) is 5.92 Å². The van der Waals surface area contributed by atoms with Gasteiger partial charge in [0.15, 0.2) is 0 Å². The number of carbonyl (C=O) groups is 2. The van der Waals surface area contributed by atoms with Gasteiger partial charge in [-0.15, -0.1) is 0 Å². The van der Waals surface area contributed by atoms with Gasteiger partial charge in [-0.1, -0.05) is 18.2 Å². The zero-order chi connectivity index (χ0) is 32.1. The summed E-state index contributed by atoms with van der Waals surface area (Å²) in [5.74, 6) is -2.22. The Hall–Kier alpha value is -3.13. The number of hydrogen-bond acceptors (Lipinski definition) is 7. The van der Waals surface area contributed by atoms with E-state index in [1.807, 2.05) is 0 Å². The van der Waals surface area contributed by atoms with E-state index in [9.17, 15) is 27.5 Å². The van der Waals surface area contributed by atoms with Crippen molar-refractivity contribution in [1.29, 1.82) is 0 Å². The van der Waals surface area contributed by atoms with Crippen LogP contribution in [0.5, 0.6) is 0 Å². The van der Waals surface area contributed by atoms with Gasteiger partial charge in [-0.2, -0.15) is 4.31 Å². The van der Waals surface area contributed by atoms with Gasteiger partial charge in [-0.25, -0.2) is 22.0 Å². The van der Waals surface area contributed by atoms with E-state index in [0.29, 0.717) is 57.2 Å². The van der Waals surface area contributed by atoms with E-state index < -0.39 is 51.7 Å². The number of fused-ring (bicyclic) bond motifs is 2. The first kappa shape index (κ1) is 33.2. The maximum Gasteiger partial charge on any atom is 0.407 e. The van der Waals surface area contributed by atoms with Gasteiger partial charge in [-0.3, -0.25) is 4.79 Å². The van der Waals surface area contributed by atoms with E-state index in [-0.39, 0.29) is 41.4 Å². The van der Waals surface area contributed by atoms with Gasteiger partial charge in [0.1, 0.15) is 17.7 Å². The molecular formula is C32H42F2N4O6S. The molecule has 2 amide bonds. The van der Waals surface area contributed by atoms with Crippen LogP contribution in [0.25, 0.3) is 0 Å². The monoisotopic (exact) mass is 648 g/mol. The number of halogens is 2. The van der Waals surface area contributed by atoms with Crippen molar-refractivity contribution in [2.75, 3.05) is 31.3 Å². The highest BCUT2D eigenvalue weighted by molar-refractivity contribution is 7.89. The van der Waals surface area contributed by atoms with Crippen molar-refractivity contribution in [3.8, 4) is 0 Å². The maximum atomic E-state index is 15.3. The van der Waals surface area contributed by atoms with Crippen LogP contribution in [-0.2, 0) is 26.0 Å². The van der Waals surface area contributed by atoms with Crippen LogP contribution in [0.15, 0.2) is 42.5 Å². The Morgan fingerprint density at radius 3 is 2.53 bits per heavy atom. The number of benzene rings is 2.